The van der Waals surface area contributed by atoms with Crippen molar-refractivity contribution in [3.63, 3.8) is 0 Å². The number of hydrogen-bond acceptors (Lipinski definition) is 4. The van der Waals surface area contributed by atoms with Crippen LogP contribution in [-0.2, 0) is 11.2 Å². The fourth-order valence-electron chi connectivity index (χ4n) is 2.16. The molecule has 1 N–H and O–H groups in total. The minimum absolute atomic E-state index is 0.0216. The van der Waals surface area contributed by atoms with Gasteiger partial charge in [-0.1, -0.05) is 23.7 Å². The first kappa shape index (κ1) is 17.7. The van der Waals surface area contributed by atoms with Crippen LogP contribution in [0.15, 0.2) is 42.5 Å². The number of amides is 1. The van der Waals surface area contributed by atoms with E-state index in [2.05, 4.69) is 5.32 Å². The lowest BCUT2D eigenvalue weighted by Gasteiger charge is -2.08. The second kappa shape index (κ2) is 8.31. The summed E-state index contributed by atoms with van der Waals surface area (Å²) in [5.74, 6) is 0.163. The van der Waals surface area contributed by atoms with Gasteiger partial charge in [-0.25, -0.2) is 0 Å². The SMILES string of the molecule is Cc1cc(OCC(=O)NCCc2cccc(Cl)c2)ccc1[N+](=O)[O-]. The lowest BCUT2D eigenvalue weighted by molar-refractivity contribution is -0.385. The molecule has 0 saturated carbocycles. The highest BCUT2D eigenvalue weighted by atomic mass is 35.5. The predicted molar refractivity (Wildman–Crippen MR) is 91.5 cm³/mol. The van der Waals surface area contributed by atoms with Gasteiger partial charge in [0.2, 0.25) is 0 Å². The van der Waals surface area contributed by atoms with Crippen LogP contribution in [0.2, 0.25) is 5.02 Å². The normalized spacial score (nSPS) is 10.2. The summed E-state index contributed by atoms with van der Waals surface area (Å²) in [6.07, 6.45) is 0.670. The number of ether oxygens (including phenoxy) is 1. The van der Waals surface area contributed by atoms with Crippen molar-refractivity contribution in [3.8, 4) is 5.75 Å². The van der Waals surface area contributed by atoms with Crippen molar-refractivity contribution in [1.29, 1.82) is 0 Å². The quantitative estimate of drug-likeness (QED) is 0.615. The highest BCUT2D eigenvalue weighted by molar-refractivity contribution is 6.30. The van der Waals surface area contributed by atoms with Crippen molar-refractivity contribution in [1.82, 2.24) is 5.32 Å². The number of aryl methyl sites for hydroxylation is 1. The maximum Gasteiger partial charge on any atom is 0.272 e. The molecule has 0 spiro atoms. The first-order valence-electron chi connectivity index (χ1n) is 7.34. The van der Waals surface area contributed by atoms with E-state index in [0.29, 0.717) is 29.3 Å². The van der Waals surface area contributed by atoms with E-state index >= 15 is 0 Å². The maximum absolute atomic E-state index is 11.8. The number of nitrogens with zero attached hydrogens (tertiary/aromatic N) is 1. The first-order chi connectivity index (χ1) is 11.5. The Morgan fingerprint density at radius 2 is 2.08 bits per heavy atom. The van der Waals surface area contributed by atoms with Crippen LogP contribution in [-0.4, -0.2) is 24.0 Å². The average Bonchev–Trinajstić information content (AvgIpc) is 2.53. The highest BCUT2D eigenvalue weighted by Crippen LogP contribution is 2.22. The topological polar surface area (TPSA) is 81.5 Å². The van der Waals surface area contributed by atoms with E-state index < -0.39 is 4.92 Å². The third-order valence-corrected chi connectivity index (χ3v) is 3.59. The van der Waals surface area contributed by atoms with Crippen LogP contribution in [0.4, 0.5) is 5.69 Å². The van der Waals surface area contributed by atoms with Crippen LogP contribution in [0.25, 0.3) is 0 Å². The van der Waals surface area contributed by atoms with E-state index in [1.165, 1.54) is 18.2 Å². The zero-order chi connectivity index (χ0) is 17.5. The van der Waals surface area contributed by atoms with Crippen LogP contribution >= 0.6 is 11.6 Å². The van der Waals surface area contributed by atoms with Gasteiger partial charge in [0.1, 0.15) is 5.75 Å². The Kier molecular flexibility index (Phi) is 6.14. The molecule has 7 heteroatoms. The molecule has 0 unspecified atom stereocenters. The average molecular weight is 349 g/mol. The van der Waals surface area contributed by atoms with Gasteiger partial charge in [0, 0.05) is 23.2 Å². The molecule has 126 valence electrons. The minimum atomic E-state index is -0.457. The van der Waals surface area contributed by atoms with Gasteiger partial charge in [0.05, 0.1) is 4.92 Å². The van der Waals surface area contributed by atoms with Crippen molar-refractivity contribution in [2.24, 2.45) is 0 Å². The first-order valence-corrected chi connectivity index (χ1v) is 7.72. The number of nitro benzene ring substituents is 1. The Hall–Kier alpha value is -2.60. The fraction of sp³-hybridized carbons (Fsp3) is 0.235. The molecule has 0 aliphatic carbocycles. The Morgan fingerprint density at radius 1 is 1.29 bits per heavy atom. The summed E-state index contributed by atoms with van der Waals surface area (Å²) in [6, 6.07) is 11.8. The number of carbonyl (C=O) groups is 1. The summed E-state index contributed by atoms with van der Waals surface area (Å²) in [5.41, 5.74) is 1.54. The summed E-state index contributed by atoms with van der Waals surface area (Å²) in [4.78, 5) is 22.1. The van der Waals surface area contributed by atoms with E-state index in [9.17, 15) is 14.9 Å². The van der Waals surface area contributed by atoms with Gasteiger partial charge >= 0.3 is 0 Å². The number of rotatable bonds is 7. The van der Waals surface area contributed by atoms with Gasteiger partial charge in [-0.15, -0.1) is 0 Å². The number of nitrogens with one attached hydrogen (secondary N) is 1. The largest absolute Gasteiger partial charge is 0.484 e. The zero-order valence-corrected chi connectivity index (χ0v) is 13.9. The Morgan fingerprint density at radius 3 is 2.75 bits per heavy atom. The Bertz CT molecular complexity index is 749. The van der Waals surface area contributed by atoms with Crippen molar-refractivity contribution < 1.29 is 14.5 Å². The molecule has 0 aliphatic rings. The summed E-state index contributed by atoms with van der Waals surface area (Å²) in [6.45, 7) is 1.95. The maximum atomic E-state index is 11.8. The predicted octanol–water partition coefficient (Wildman–Crippen LogP) is 3.29. The molecule has 0 saturated heterocycles. The lowest BCUT2D eigenvalue weighted by Crippen LogP contribution is -2.30. The van der Waals surface area contributed by atoms with Gasteiger partial charge in [-0.05, 0) is 43.2 Å². The minimum Gasteiger partial charge on any atom is -0.484 e. The van der Waals surface area contributed by atoms with Crippen LogP contribution in [0.5, 0.6) is 5.75 Å². The van der Waals surface area contributed by atoms with E-state index in [1.807, 2.05) is 18.2 Å². The monoisotopic (exact) mass is 348 g/mol. The van der Waals surface area contributed by atoms with E-state index in [0.717, 1.165) is 5.56 Å². The van der Waals surface area contributed by atoms with Crippen LogP contribution in [0.1, 0.15) is 11.1 Å². The number of carbonyl (C=O) groups excluding carboxylic acids is 1. The fourth-order valence-corrected chi connectivity index (χ4v) is 2.37. The standard InChI is InChI=1S/C17H17ClN2O4/c1-12-9-15(5-6-16(12)20(22)23)24-11-17(21)19-8-7-13-3-2-4-14(18)10-13/h2-6,9-10H,7-8,11H2,1H3,(H,19,21). The molecule has 0 aromatic heterocycles. The van der Waals surface area contributed by atoms with Gasteiger partial charge in [-0.3, -0.25) is 14.9 Å². The molecule has 2 aromatic carbocycles. The third kappa shape index (κ3) is 5.24. The van der Waals surface area contributed by atoms with E-state index in [-0.39, 0.29) is 18.2 Å². The molecule has 6 nitrogen and oxygen atoms in total. The molecule has 0 radical (unpaired) electrons. The number of benzene rings is 2. The molecule has 24 heavy (non-hydrogen) atoms. The van der Waals surface area contributed by atoms with Crippen LogP contribution < -0.4 is 10.1 Å². The van der Waals surface area contributed by atoms with Gasteiger partial charge in [-0.2, -0.15) is 0 Å². The van der Waals surface area contributed by atoms with Crippen molar-refractivity contribution in [3.05, 3.63) is 68.7 Å². The molecule has 0 heterocycles. The van der Waals surface area contributed by atoms with Gasteiger partial charge < -0.3 is 10.1 Å². The van der Waals surface area contributed by atoms with Crippen LogP contribution in [0, 0.1) is 17.0 Å². The van der Waals surface area contributed by atoms with Crippen molar-refractivity contribution >= 4 is 23.2 Å². The Labute approximate surface area is 144 Å². The van der Waals surface area contributed by atoms with E-state index in [4.69, 9.17) is 16.3 Å². The smallest absolute Gasteiger partial charge is 0.272 e. The number of hydrogen-bond donors (Lipinski definition) is 1. The molecule has 2 aromatic rings. The molecular formula is C17H17ClN2O4. The van der Waals surface area contributed by atoms with Gasteiger partial charge in [0.15, 0.2) is 6.61 Å². The summed E-state index contributed by atoms with van der Waals surface area (Å²) < 4.78 is 5.35. The molecule has 1 amide bonds. The zero-order valence-electron chi connectivity index (χ0n) is 13.1. The van der Waals surface area contributed by atoms with Crippen molar-refractivity contribution in [2.75, 3.05) is 13.2 Å². The van der Waals surface area contributed by atoms with E-state index in [1.54, 1.807) is 13.0 Å². The summed E-state index contributed by atoms with van der Waals surface area (Å²) in [7, 11) is 0. The Balaban J connectivity index is 1.77. The lowest BCUT2D eigenvalue weighted by atomic mass is 10.1. The highest BCUT2D eigenvalue weighted by Gasteiger charge is 2.11. The second-order valence-corrected chi connectivity index (χ2v) is 5.66. The third-order valence-electron chi connectivity index (χ3n) is 3.36. The molecule has 2 rings (SSSR count). The van der Waals surface area contributed by atoms with Gasteiger partial charge in [0.25, 0.3) is 11.6 Å². The van der Waals surface area contributed by atoms with Crippen molar-refractivity contribution in [2.45, 2.75) is 13.3 Å². The molecule has 0 aliphatic heterocycles. The summed E-state index contributed by atoms with van der Waals surface area (Å²) in [5, 5.41) is 14.2. The second-order valence-electron chi connectivity index (χ2n) is 5.22. The van der Waals surface area contributed by atoms with Crippen LogP contribution in [0.3, 0.4) is 0 Å². The molecular weight excluding hydrogens is 332 g/mol. The number of nitro groups is 1. The molecule has 0 atom stereocenters. The summed E-state index contributed by atoms with van der Waals surface area (Å²) >= 11 is 5.90. The molecule has 0 bridgehead atoms. The number of halogens is 1. The molecule has 0 fully saturated rings.